The summed E-state index contributed by atoms with van der Waals surface area (Å²) < 4.78 is 41.1. The lowest BCUT2D eigenvalue weighted by Gasteiger charge is -2.13. The number of nitrogens with two attached hydrogens (primary N) is 1. The highest BCUT2D eigenvalue weighted by atomic mass is 19.2. The number of pyridine rings is 1. The number of anilines is 1. The first-order chi connectivity index (χ1) is 10.0. The van der Waals surface area contributed by atoms with Gasteiger partial charge in [0.25, 0.3) is 0 Å². The number of rotatable bonds is 1. The van der Waals surface area contributed by atoms with Gasteiger partial charge in [0, 0.05) is 17.3 Å². The lowest BCUT2D eigenvalue weighted by molar-refractivity contribution is 0.505. The fourth-order valence-corrected chi connectivity index (χ4v) is 2.33. The van der Waals surface area contributed by atoms with Gasteiger partial charge >= 0.3 is 0 Å². The first-order valence-electron chi connectivity index (χ1n) is 6.29. The third-order valence-corrected chi connectivity index (χ3v) is 3.45. The molecule has 0 amide bonds. The maximum absolute atomic E-state index is 13.9. The molecule has 1 heterocycles. The number of hydrogen-bond donors (Lipinski definition) is 1. The maximum atomic E-state index is 13.9. The van der Waals surface area contributed by atoms with Crippen molar-refractivity contribution in [3.63, 3.8) is 0 Å². The summed E-state index contributed by atoms with van der Waals surface area (Å²) in [6.45, 7) is 1.65. The van der Waals surface area contributed by atoms with E-state index in [1.165, 1.54) is 0 Å². The third kappa shape index (κ3) is 2.01. The summed E-state index contributed by atoms with van der Waals surface area (Å²) in [5.74, 6) is -3.40. The Morgan fingerprint density at radius 3 is 2.33 bits per heavy atom. The zero-order valence-electron chi connectivity index (χ0n) is 11.1. The standard InChI is InChI=1S/C16H11F3N2/c1-8-14(20)12-13(19)10(17)7-11(18)16(12)21-15(8)9-5-3-2-4-6-9/h2-7H,1H3,(H2,20,21). The molecule has 21 heavy (non-hydrogen) atoms. The molecule has 0 fully saturated rings. The highest BCUT2D eigenvalue weighted by Gasteiger charge is 2.20. The van der Waals surface area contributed by atoms with E-state index in [2.05, 4.69) is 4.98 Å². The van der Waals surface area contributed by atoms with E-state index < -0.39 is 17.5 Å². The number of nitrogen functional groups attached to an aromatic ring is 1. The van der Waals surface area contributed by atoms with Crippen molar-refractivity contribution in [1.82, 2.24) is 4.98 Å². The summed E-state index contributed by atoms with van der Waals surface area (Å²) in [5.41, 5.74) is 7.27. The molecule has 106 valence electrons. The van der Waals surface area contributed by atoms with E-state index in [9.17, 15) is 13.2 Å². The highest BCUT2D eigenvalue weighted by molar-refractivity contribution is 5.95. The van der Waals surface area contributed by atoms with Gasteiger partial charge in [0.2, 0.25) is 0 Å². The number of fused-ring (bicyclic) bond motifs is 1. The monoisotopic (exact) mass is 288 g/mol. The largest absolute Gasteiger partial charge is 0.398 e. The van der Waals surface area contributed by atoms with Gasteiger partial charge in [0.05, 0.1) is 11.1 Å². The van der Waals surface area contributed by atoms with Crippen LogP contribution in [-0.2, 0) is 0 Å². The Hall–Kier alpha value is -2.56. The Morgan fingerprint density at radius 2 is 1.67 bits per heavy atom. The molecule has 2 nitrogen and oxygen atoms in total. The van der Waals surface area contributed by atoms with Crippen molar-refractivity contribution in [1.29, 1.82) is 0 Å². The van der Waals surface area contributed by atoms with E-state index in [-0.39, 0.29) is 16.6 Å². The molecule has 5 heteroatoms. The Bertz CT molecular complexity index is 846. The van der Waals surface area contributed by atoms with Crippen LogP contribution in [0.4, 0.5) is 18.9 Å². The zero-order chi connectivity index (χ0) is 15.1. The Morgan fingerprint density at radius 1 is 1.00 bits per heavy atom. The number of nitrogens with zero attached hydrogens (tertiary/aromatic N) is 1. The van der Waals surface area contributed by atoms with Gasteiger partial charge in [-0.25, -0.2) is 18.2 Å². The van der Waals surface area contributed by atoms with Crippen LogP contribution in [0.3, 0.4) is 0 Å². The van der Waals surface area contributed by atoms with Crippen molar-refractivity contribution in [2.75, 3.05) is 5.73 Å². The summed E-state index contributed by atoms with van der Waals surface area (Å²) in [6.07, 6.45) is 0. The van der Waals surface area contributed by atoms with Crippen LogP contribution in [0, 0.1) is 24.4 Å². The van der Waals surface area contributed by atoms with Gasteiger partial charge in [0.1, 0.15) is 5.52 Å². The number of benzene rings is 2. The van der Waals surface area contributed by atoms with Crippen molar-refractivity contribution in [3.05, 3.63) is 59.4 Å². The van der Waals surface area contributed by atoms with Crippen LogP contribution in [0.5, 0.6) is 0 Å². The van der Waals surface area contributed by atoms with E-state index in [0.717, 1.165) is 5.56 Å². The van der Waals surface area contributed by atoms with Crippen LogP contribution in [0.2, 0.25) is 0 Å². The SMILES string of the molecule is Cc1c(-c2ccccc2)nc2c(F)cc(F)c(F)c2c1N. The van der Waals surface area contributed by atoms with Crippen LogP contribution in [0.15, 0.2) is 36.4 Å². The van der Waals surface area contributed by atoms with Crippen LogP contribution in [-0.4, -0.2) is 4.98 Å². The van der Waals surface area contributed by atoms with E-state index in [1.807, 2.05) is 6.07 Å². The second-order valence-corrected chi connectivity index (χ2v) is 4.74. The molecule has 0 atom stereocenters. The summed E-state index contributed by atoms with van der Waals surface area (Å²) in [6, 6.07) is 9.50. The molecule has 2 aromatic carbocycles. The minimum atomic E-state index is -1.28. The van der Waals surface area contributed by atoms with Crippen molar-refractivity contribution in [2.45, 2.75) is 6.92 Å². The Labute approximate surface area is 119 Å². The molecule has 3 aromatic rings. The van der Waals surface area contributed by atoms with Crippen LogP contribution >= 0.6 is 0 Å². The quantitative estimate of drug-likeness (QED) is 0.681. The predicted molar refractivity (Wildman–Crippen MR) is 76.2 cm³/mol. The summed E-state index contributed by atoms with van der Waals surface area (Å²) in [7, 11) is 0. The van der Waals surface area contributed by atoms with Gasteiger partial charge in [-0.15, -0.1) is 0 Å². The van der Waals surface area contributed by atoms with Crippen LogP contribution < -0.4 is 5.73 Å². The first-order valence-corrected chi connectivity index (χ1v) is 6.29. The molecular formula is C16H11F3N2. The minimum absolute atomic E-state index is 0.00486. The van der Waals surface area contributed by atoms with Crippen LogP contribution in [0.25, 0.3) is 22.2 Å². The second kappa shape index (κ2) is 4.77. The molecule has 1 aromatic heterocycles. The molecule has 0 spiro atoms. The average molecular weight is 288 g/mol. The number of hydrogen-bond acceptors (Lipinski definition) is 2. The molecule has 3 rings (SSSR count). The van der Waals surface area contributed by atoms with Gasteiger partial charge in [0.15, 0.2) is 17.5 Å². The molecule has 0 saturated carbocycles. The Kier molecular flexibility index (Phi) is 3.05. The van der Waals surface area contributed by atoms with E-state index in [0.29, 0.717) is 17.3 Å². The molecule has 0 aliphatic heterocycles. The fourth-order valence-electron chi connectivity index (χ4n) is 2.33. The van der Waals surface area contributed by atoms with Gasteiger partial charge in [-0.2, -0.15) is 0 Å². The molecular weight excluding hydrogens is 277 g/mol. The second-order valence-electron chi connectivity index (χ2n) is 4.74. The van der Waals surface area contributed by atoms with Crippen LogP contribution in [0.1, 0.15) is 5.56 Å². The minimum Gasteiger partial charge on any atom is -0.398 e. The molecule has 0 aliphatic rings. The summed E-state index contributed by atoms with van der Waals surface area (Å²) in [5, 5.41) is -0.315. The third-order valence-electron chi connectivity index (χ3n) is 3.45. The molecule has 2 N–H and O–H groups in total. The molecule has 0 radical (unpaired) electrons. The highest BCUT2D eigenvalue weighted by Crippen LogP contribution is 2.34. The summed E-state index contributed by atoms with van der Waals surface area (Å²) >= 11 is 0. The van der Waals surface area contributed by atoms with E-state index in [4.69, 9.17) is 5.73 Å². The van der Waals surface area contributed by atoms with E-state index >= 15 is 0 Å². The lowest BCUT2D eigenvalue weighted by Crippen LogP contribution is -2.03. The van der Waals surface area contributed by atoms with Gasteiger partial charge in [-0.1, -0.05) is 30.3 Å². The van der Waals surface area contributed by atoms with Gasteiger partial charge < -0.3 is 5.73 Å². The number of halogens is 3. The van der Waals surface area contributed by atoms with Crippen molar-refractivity contribution < 1.29 is 13.2 Å². The zero-order valence-corrected chi connectivity index (χ0v) is 11.1. The van der Waals surface area contributed by atoms with Gasteiger partial charge in [-0.3, -0.25) is 0 Å². The number of aromatic nitrogens is 1. The van der Waals surface area contributed by atoms with Crippen molar-refractivity contribution >= 4 is 16.6 Å². The maximum Gasteiger partial charge on any atom is 0.170 e. The normalized spacial score (nSPS) is 11.0. The molecule has 0 saturated heterocycles. The first kappa shape index (κ1) is 13.4. The van der Waals surface area contributed by atoms with Crippen molar-refractivity contribution in [3.8, 4) is 11.3 Å². The molecule has 0 unspecified atom stereocenters. The topological polar surface area (TPSA) is 38.9 Å². The average Bonchev–Trinajstić information content (AvgIpc) is 2.48. The predicted octanol–water partition coefficient (Wildman–Crippen LogP) is 4.21. The van der Waals surface area contributed by atoms with Crippen molar-refractivity contribution in [2.24, 2.45) is 0 Å². The molecule has 0 bridgehead atoms. The Balaban J connectivity index is 2.44. The smallest absolute Gasteiger partial charge is 0.170 e. The summed E-state index contributed by atoms with van der Waals surface area (Å²) in [4.78, 5) is 4.15. The van der Waals surface area contributed by atoms with Gasteiger partial charge in [-0.05, 0) is 12.5 Å². The lowest BCUT2D eigenvalue weighted by atomic mass is 10.0. The molecule has 0 aliphatic carbocycles. The fraction of sp³-hybridized carbons (Fsp3) is 0.0625. The van der Waals surface area contributed by atoms with E-state index in [1.54, 1.807) is 31.2 Å².